The molecule has 3 aromatic rings. The standard InChI is InChI=1S/C20H17FN2O/c21-16-8-4-5-14-9-12-22-18(17(14)16)19(24)23-13-20(10-11-20)15-6-2-1-3-7-15/h1-9,12H,10-11,13H2,(H,23,24). The summed E-state index contributed by atoms with van der Waals surface area (Å²) in [6.45, 7) is 0.544. The van der Waals surface area contributed by atoms with E-state index in [-0.39, 0.29) is 22.4 Å². The van der Waals surface area contributed by atoms with Gasteiger partial charge in [-0.1, -0.05) is 42.5 Å². The predicted molar refractivity (Wildman–Crippen MR) is 91.4 cm³/mol. The Morgan fingerprint density at radius 1 is 1.08 bits per heavy atom. The van der Waals surface area contributed by atoms with Crippen LogP contribution in [-0.2, 0) is 5.41 Å². The molecule has 1 saturated carbocycles. The molecule has 3 nitrogen and oxygen atoms in total. The van der Waals surface area contributed by atoms with Crippen molar-refractivity contribution in [1.29, 1.82) is 0 Å². The van der Waals surface area contributed by atoms with E-state index in [1.54, 1.807) is 24.4 Å². The number of amides is 1. The Kier molecular flexibility index (Phi) is 3.53. The lowest BCUT2D eigenvalue weighted by Gasteiger charge is -2.16. The quantitative estimate of drug-likeness (QED) is 0.794. The number of hydrogen-bond donors (Lipinski definition) is 1. The first-order valence-electron chi connectivity index (χ1n) is 8.07. The average molecular weight is 320 g/mol. The second-order valence-electron chi connectivity index (χ2n) is 6.33. The highest BCUT2D eigenvalue weighted by Crippen LogP contribution is 2.47. The van der Waals surface area contributed by atoms with Gasteiger partial charge in [-0.15, -0.1) is 0 Å². The molecule has 0 saturated heterocycles. The maximum absolute atomic E-state index is 14.1. The summed E-state index contributed by atoms with van der Waals surface area (Å²) in [7, 11) is 0. The van der Waals surface area contributed by atoms with Crippen LogP contribution in [-0.4, -0.2) is 17.4 Å². The summed E-state index contributed by atoms with van der Waals surface area (Å²) < 4.78 is 14.1. The van der Waals surface area contributed by atoms with Gasteiger partial charge in [0.25, 0.3) is 5.91 Å². The van der Waals surface area contributed by atoms with Crippen LogP contribution in [0, 0.1) is 5.82 Å². The van der Waals surface area contributed by atoms with Crippen molar-refractivity contribution in [2.24, 2.45) is 0 Å². The summed E-state index contributed by atoms with van der Waals surface area (Å²) in [6.07, 6.45) is 3.64. The Bertz CT molecular complexity index is 899. The van der Waals surface area contributed by atoms with Gasteiger partial charge in [-0.3, -0.25) is 9.78 Å². The molecule has 1 heterocycles. The summed E-state index contributed by atoms with van der Waals surface area (Å²) in [4.78, 5) is 16.7. The zero-order chi connectivity index (χ0) is 16.6. The van der Waals surface area contributed by atoms with Crippen LogP contribution >= 0.6 is 0 Å². The van der Waals surface area contributed by atoms with Gasteiger partial charge in [0.1, 0.15) is 11.5 Å². The van der Waals surface area contributed by atoms with Crippen molar-refractivity contribution in [2.75, 3.05) is 6.54 Å². The minimum atomic E-state index is -0.421. The van der Waals surface area contributed by atoms with Crippen LogP contribution in [0.1, 0.15) is 28.9 Å². The van der Waals surface area contributed by atoms with Crippen molar-refractivity contribution in [2.45, 2.75) is 18.3 Å². The third-order valence-electron chi connectivity index (χ3n) is 4.78. The molecule has 1 aliphatic rings. The van der Waals surface area contributed by atoms with Crippen LogP contribution in [0.15, 0.2) is 60.8 Å². The summed E-state index contributed by atoms with van der Waals surface area (Å²) in [6, 6.07) is 16.7. The van der Waals surface area contributed by atoms with E-state index in [4.69, 9.17) is 0 Å². The van der Waals surface area contributed by atoms with E-state index in [1.807, 2.05) is 18.2 Å². The van der Waals surface area contributed by atoms with Crippen molar-refractivity contribution in [3.05, 3.63) is 77.9 Å². The van der Waals surface area contributed by atoms with Crippen LogP contribution in [0.3, 0.4) is 0 Å². The number of carbonyl (C=O) groups excluding carboxylic acids is 1. The molecule has 120 valence electrons. The second kappa shape index (κ2) is 5.71. The number of benzene rings is 2. The molecular weight excluding hydrogens is 303 g/mol. The number of nitrogens with one attached hydrogen (secondary N) is 1. The fourth-order valence-electron chi connectivity index (χ4n) is 3.20. The first-order valence-corrected chi connectivity index (χ1v) is 8.07. The molecule has 4 rings (SSSR count). The predicted octanol–water partition coefficient (Wildman–Crippen LogP) is 3.84. The van der Waals surface area contributed by atoms with E-state index < -0.39 is 5.82 Å². The summed E-state index contributed by atoms with van der Waals surface area (Å²) >= 11 is 0. The topological polar surface area (TPSA) is 42.0 Å². The van der Waals surface area contributed by atoms with Gasteiger partial charge in [0.05, 0.1) is 0 Å². The largest absolute Gasteiger partial charge is 0.350 e. The minimum absolute atomic E-state index is 0.0139. The lowest BCUT2D eigenvalue weighted by Crippen LogP contribution is -2.33. The number of nitrogens with zero attached hydrogens (tertiary/aromatic N) is 1. The molecule has 4 heteroatoms. The van der Waals surface area contributed by atoms with Crippen molar-refractivity contribution >= 4 is 16.7 Å². The SMILES string of the molecule is O=C(NCC1(c2ccccc2)CC1)c1nccc2cccc(F)c12. The fourth-order valence-corrected chi connectivity index (χ4v) is 3.20. The van der Waals surface area contributed by atoms with Gasteiger partial charge in [-0.2, -0.15) is 0 Å². The van der Waals surface area contributed by atoms with E-state index in [9.17, 15) is 9.18 Å². The number of fused-ring (bicyclic) bond motifs is 1. The molecule has 1 aromatic heterocycles. The molecule has 24 heavy (non-hydrogen) atoms. The molecule has 0 unspecified atom stereocenters. The molecular formula is C20H17FN2O. The highest BCUT2D eigenvalue weighted by molar-refractivity contribution is 6.05. The molecule has 0 atom stereocenters. The smallest absolute Gasteiger partial charge is 0.270 e. The number of halogens is 1. The fraction of sp³-hybridized carbons (Fsp3) is 0.200. The van der Waals surface area contributed by atoms with E-state index in [0.29, 0.717) is 11.9 Å². The van der Waals surface area contributed by atoms with Gasteiger partial charge >= 0.3 is 0 Å². The highest BCUT2D eigenvalue weighted by Gasteiger charge is 2.44. The molecule has 0 radical (unpaired) electrons. The third kappa shape index (κ3) is 2.54. The van der Waals surface area contributed by atoms with Crippen molar-refractivity contribution in [1.82, 2.24) is 10.3 Å². The average Bonchev–Trinajstić information content (AvgIpc) is 3.41. The number of pyridine rings is 1. The van der Waals surface area contributed by atoms with E-state index in [0.717, 1.165) is 12.8 Å². The zero-order valence-corrected chi connectivity index (χ0v) is 13.1. The van der Waals surface area contributed by atoms with Crippen molar-refractivity contribution in [3.63, 3.8) is 0 Å². The Morgan fingerprint density at radius 3 is 2.62 bits per heavy atom. The van der Waals surface area contributed by atoms with E-state index >= 15 is 0 Å². The minimum Gasteiger partial charge on any atom is -0.350 e. The summed E-state index contributed by atoms with van der Waals surface area (Å²) in [5, 5.41) is 3.91. The molecule has 1 N–H and O–H groups in total. The van der Waals surface area contributed by atoms with Crippen molar-refractivity contribution in [3.8, 4) is 0 Å². The molecule has 0 aliphatic heterocycles. The Hall–Kier alpha value is -2.75. The van der Waals surface area contributed by atoms with Crippen LogP contribution in [0.5, 0.6) is 0 Å². The van der Waals surface area contributed by atoms with Gasteiger partial charge in [0, 0.05) is 23.5 Å². The van der Waals surface area contributed by atoms with Gasteiger partial charge in [-0.05, 0) is 35.9 Å². The normalized spacial score (nSPS) is 15.2. The molecule has 0 bridgehead atoms. The van der Waals surface area contributed by atoms with Crippen molar-refractivity contribution < 1.29 is 9.18 Å². The lowest BCUT2D eigenvalue weighted by molar-refractivity contribution is 0.0946. The second-order valence-corrected chi connectivity index (χ2v) is 6.33. The Balaban J connectivity index is 1.58. The maximum Gasteiger partial charge on any atom is 0.270 e. The maximum atomic E-state index is 14.1. The monoisotopic (exact) mass is 320 g/mol. The summed E-state index contributed by atoms with van der Waals surface area (Å²) in [5.41, 5.74) is 1.40. The lowest BCUT2D eigenvalue weighted by atomic mass is 9.96. The molecule has 0 spiro atoms. The van der Waals surface area contributed by atoms with Crippen LogP contribution in [0.25, 0.3) is 10.8 Å². The number of carbonyl (C=O) groups is 1. The van der Waals surface area contributed by atoms with Gasteiger partial charge < -0.3 is 5.32 Å². The summed E-state index contributed by atoms with van der Waals surface area (Å²) in [5.74, 6) is -0.747. The number of hydrogen-bond acceptors (Lipinski definition) is 2. The van der Waals surface area contributed by atoms with E-state index in [1.165, 1.54) is 11.6 Å². The zero-order valence-electron chi connectivity index (χ0n) is 13.1. The van der Waals surface area contributed by atoms with E-state index in [2.05, 4.69) is 22.4 Å². The van der Waals surface area contributed by atoms with Gasteiger partial charge in [-0.25, -0.2) is 4.39 Å². The number of aromatic nitrogens is 1. The first-order chi connectivity index (χ1) is 11.7. The van der Waals surface area contributed by atoms with Crippen LogP contribution in [0.4, 0.5) is 4.39 Å². The van der Waals surface area contributed by atoms with Gasteiger partial charge in [0.15, 0.2) is 0 Å². The number of rotatable bonds is 4. The first kappa shape index (κ1) is 14.8. The molecule has 1 aliphatic carbocycles. The van der Waals surface area contributed by atoms with Crippen LogP contribution in [0.2, 0.25) is 0 Å². The highest BCUT2D eigenvalue weighted by atomic mass is 19.1. The van der Waals surface area contributed by atoms with Crippen LogP contribution < -0.4 is 5.32 Å². The molecule has 2 aromatic carbocycles. The molecule has 1 amide bonds. The third-order valence-corrected chi connectivity index (χ3v) is 4.78. The molecule has 1 fully saturated rings. The Morgan fingerprint density at radius 2 is 1.88 bits per heavy atom. The Labute approximate surface area is 139 Å². The van der Waals surface area contributed by atoms with Gasteiger partial charge in [0.2, 0.25) is 0 Å².